The van der Waals surface area contributed by atoms with Crippen LogP contribution in [0.15, 0.2) is 24.3 Å². The molecule has 0 amide bonds. The Hall–Kier alpha value is -1.90. The molecule has 1 aromatic carbocycles. The highest BCUT2D eigenvalue weighted by atomic mass is 35.5. The molecule has 0 spiro atoms. The van der Waals surface area contributed by atoms with Crippen molar-refractivity contribution in [1.29, 1.82) is 5.26 Å². The molecule has 0 N–H and O–H groups in total. The van der Waals surface area contributed by atoms with Crippen LogP contribution in [0, 0.1) is 11.3 Å². The molecule has 7 heteroatoms. The first kappa shape index (κ1) is 12.6. The third-order valence-electron chi connectivity index (χ3n) is 2.23. The van der Waals surface area contributed by atoms with Crippen molar-refractivity contribution in [2.45, 2.75) is 0 Å². The predicted octanol–water partition coefficient (Wildman–Crippen LogP) is 2.82. The van der Waals surface area contributed by atoms with Crippen molar-refractivity contribution in [2.24, 2.45) is 0 Å². The molecule has 0 fully saturated rings. The molecule has 18 heavy (non-hydrogen) atoms. The lowest BCUT2D eigenvalue weighted by Crippen LogP contribution is -2.13. The Morgan fingerprint density at radius 1 is 1.17 bits per heavy atom. The van der Waals surface area contributed by atoms with Crippen LogP contribution in [0.3, 0.4) is 0 Å². The molecule has 1 aromatic heterocycles. The number of hydrogen-bond acceptors (Lipinski definition) is 5. The molecule has 0 aliphatic heterocycles. The quantitative estimate of drug-likeness (QED) is 0.846. The number of rotatable bonds is 2. The predicted molar refractivity (Wildman–Crippen MR) is 69.1 cm³/mol. The zero-order chi connectivity index (χ0) is 13.1. The van der Waals surface area contributed by atoms with E-state index in [2.05, 4.69) is 21.0 Å². The first-order valence-corrected chi connectivity index (χ1v) is 5.66. The van der Waals surface area contributed by atoms with E-state index in [1.54, 1.807) is 30.1 Å². The van der Waals surface area contributed by atoms with Crippen LogP contribution in [0.25, 0.3) is 0 Å². The minimum atomic E-state index is 0.0216. The van der Waals surface area contributed by atoms with Gasteiger partial charge in [-0.3, -0.25) is 0 Å². The van der Waals surface area contributed by atoms with Gasteiger partial charge in [-0.1, -0.05) is 6.07 Å². The topological polar surface area (TPSA) is 65.7 Å². The van der Waals surface area contributed by atoms with Crippen LogP contribution in [-0.4, -0.2) is 22.0 Å². The molecule has 0 unspecified atom stereocenters. The second-order valence-electron chi connectivity index (χ2n) is 3.39. The standard InChI is InChI=1S/C11H7Cl2N5/c1-18(8-4-2-3-7(5-8)6-14)11-16-9(12)15-10(13)17-11/h2-5H,1H3. The average molecular weight is 280 g/mol. The van der Waals surface area contributed by atoms with Crippen LogP contribution < -0.4 is 4.90 Å². The van der Waals surface area contributed by atoms with Gasteiger partial charge in [0.05, 0.1) is 11.6 Å². The van der Waals surface area contributed by atoms with Gasteiger partial charge in [0.15, 0.2) is 0 Å². The van der Waals surface area contributed by atoms with Gasteiger partial charge in [-0.15, -0.1) is 0 Å². The van der Waals surface area contributed by atoms with Crippen LogP contribution in [0.2, 0.25) is 10.6 Å². The normalized spacial score (nSPS) is 9.89. The number of nitrogens with zero attached hydrogens (tertiary/aromatic N) is 5. The average Bonchev–Trinajstić information content (AvgIpc) is 2.37. The van der Waals surface area contributed by atoms with Crippen molar-refractivity contribution in [3.63, 3.8) is 0 Å². The highest BCUT2D eigenvalue weighted by molar-refractivity contribution is 6.31. The third-order valence-corrected chi connectivity index (χ3v) is 2.57. The van der Waals surface area contributed by atoms with Gasteiger partial charge in [0.2, 0.25) is 16.5 Å². The van der Waals surface area contributed by atoms with E-state index in [9.17, 15) is 0 Å². The first-order chi connectivity index (χ1) is 8.60. The summed E-state index contributed by atoms with van der Waals surface area (Å²) in [4.78, 5) is 13.3. The minimum Gasteiger partial charge on any atom is -0.313 e. The lowest BCUT2D eigenvalue weighted by atomic mass is 10.2. The molecule has 0 radical (unpaired) electrons. The van der Waals surface area contributed by atoms with E-state index in [0.717, 1.165) is 5.69 Å². The molecule has 2 rings (SSSR count). The van der Waals surface area contributed by atoms with Crippen LogP contribution in [0.1, 0.15) is 5.56 Å². The summed E-state index contributed by atoms with van der Waals surface area (Å²) >= 11 is 11.4. The molecule has 0 saturated heterocycles. The Bertz CT molecular complexity index is 603. The molecule has 2 aromatic rings. The number of anilines is 2. The van der Waals surface area contributed by atoms with Crippen LogP contribution in [0.5, 0.6) is 0 Å². The van der Waals surface area contributed by atoms with Crippen molar-refractivity contribution in [3.8, 4) is 6.07 Å². The van der Waals surface area contributed by atoms with Crippen LogP contribution >= 0.6 is 23.2 Å². The van der Waals surface area contributed by atoms with Gasteiger partial charge >= 0.3 is 0 Å². The Morgan fingerprint density at radius 3 is 2.44 bits per heavy atom. The second kappa shape index (κ2) is 5.17. The summed E-state index contributed by atoms with van der Waals surface area (Å²) < 4.78 is 0. The molecule has 0 atom stereocenters. The Balaban J connectivity index is 2.41. The summed E-state index contributed by atoms with van der Waals surface area (Å²) in [5, 5.41) is 8.89. The van der Waals surface area contributed by atoms with Gasteiger partial charge in [0, 0.05) is 12.7 Å². The van der Waals surface area contributed by atoms with Crippen molar-refractivity contribution in [1.82, 2.24) is 15.0 Å². The molecule has 0 aliphatic carbocycles. The number of nitriles is 1. The van der Waals surface area contributed by atoms with Crippen LogP contribution in [-0.2, 0) is 0 Å². The van der Waals surface area contributed by atoms with Gasteiger partial charge in [0.25, 0.3) is 0 Å². The van der Waals surface area contributed by atoms with E-state index in [1.165, 1.54) is 0 Å². The monoisotopic (exact) mass is 279 g/mol. The van der Waals surface area contributed by atoms with Crippen molar-refractivity contribution in [3.05, 3.63) is 40.4 Å². The zero-order valence-electron chi connectivity index (χ0n) is 9.30. The van der Waals surface area contributed by atoms with E-state index in [4.69, 9.17) is 28.5 Å². The van der Waals surface area contributed by atoms with Gasteiger partial charge in [-0.2, -0.15) is 20.2 Å². The van der Waals surface area contributed by atoms with E-state index in [1.807, 2.05) is 6.07 Å². The molecule has 1 heterocycles. The highest BCUT2D eigenvalue weighted by Gasteiger charge is 2.10. The molecule has 90 valence electrons. The smallest absolute Gasteiger partial charge is 0.235 e. The largest absolute Gasteiger partial charge is 0.313 e. The first-order valence-electron chi connectivity index (χ1n) is 4.91. The fourth-order valence-corrected chi connectivity index (χ4v) is 1.72. The fraction of sp³-hybridized carbons (Fsp3) is 0.0909. The molecule has 5 nitrogen and oxygen atoms in total. The summed E-state index contributed by atoms with van der Waals surface area (Å²) in [5.41, 5.74) is 1.30. The fourth-order valence-electron chi connectivity index (χ4n) is 1.37. The minimum absolute atomic E-state index is 0.0216. The van der Waals surface area contributed by atoms with E-state index < -0.39 is 0 Å². The maximum atomic E-state index is 8.85. The molecule has 0 saturated carbocycles. The lowest BCUT2D eigenvalue weighted by Gasteiger charge is -2.17. The molecule has 0 bridgehead atoms. The zero-order valence-corrected chi connectivity index (χ0v) is 10.8. The van der Waals surface area contributed by atoms with Gasteiger partial charge in [-0.05, 0) is 41.4 Å². The summed E-state index contributed by atoms with van der Waals surface area (Å²) in [6, 6.07) is 9.09. The maximum Gasteiger partial charge on any atom is 0.235 e. The molecular formula is C11H7Cl2N5. The van der Waals surface area contributed by atoms with E-state index in [-0.39, 0.29) is 10.6 Å². The van der Waals surface area contributed by atoms with Crippen molar-refractivity contribution < 1.29 is 0 Å². The van der Waals surface area contributed by atoms with E-state index >= 15 is 0 Å². The highest BCUT2D eigenvalue weighted by Crippen LogP contribution is 2.22. The Morgan fingerprint density at radius 2 is 1.83 bits per heavy atom. The van der Waals surface area contributed by atoms with Gasteiger partial charge < -0.3 is 4.90 Å². The molecule has 0 aliphatic rings. The lowest BCUT2D eigenvalue weighted by molar-refractivity contribution is 0.985. The number of benzene rings is 1. The third kappa shape index (κ3) is 2.67. The Kier molecular flexibility index (Phi) is 3.60. The number of halogens is 2. The Labute approximate surface area is 114 Å². The molecular weight excluding hydrogens is 273 g/mol. The second-order valence-corrected chi connectivity index (χ2v) is 4.07. The summed E-state index contributed by atoms with van der Waals surface area (Å²) in [6.07, 6.45) is 0. The summed E-state index contributed by atoms with van der Waals surface area (Å²) in [6.45, 7) is 0. The van der Waals surface area contributed by atoms with Crippen LogP contribution in [0.4, 0.5) is 11.6 Å². The summed E-state index contributed by atoms with van der Waals surface area (Å²) in [7, 11) is 1.75. The van der Waals surface area contributed by atoms with E-state index in [0.29, 0.717) is 11.5 Å². The number of hydrogen-bond donors (Lipinski definition) is 0. The van der Waals surface area contributed by atoms with Gasteiger partial charge in [-0.25, -0.2) is 0 Å². The number of aromatic nitrogens is 3. The SMILES string of the molecule is CN(c1cccc(C#N)c1)c1nc(Cl)nc(Cl)n1. The summed E-state index contributed by atoms with van der Waals surface area (Å²) in [5.74, 6) is 0.315. The van der Waals surface area contributed by atoms with Gasteiger partial charge in [0.1, 0.15) is 0 Å². The van der Waals surface area contributed by atoms with Crippen molar-refractivity contribution in [2.75, 3.05) is 11.9 Å². The van der Waals surface area contributed by atoms with Crippen molar-refractivity contribution >= 4 is 34.8 Å². The maximum absolute atomic E-state index is 8.85.